The third-order valence-electron chi connectivity index (χ3n) is 1.89. The second-order valence-electron chi connectivity index (χ2n) is 3.08. The first-order chi connectivity index (χ1) is 6.11. The van der Waals surface area contributed by atoms with Crippen LogP contribution in [-0.4, -0.2) is 18.2 Å². The van der Waals surface area contributed by atoms with Gasteiger partial charge in [0.1, 0.15) is 0 Å². The van der Waals surface area contributed by atoms with Crippen molar-refractivity contribution in [1.29, 1.82) is 0 Å². The van der Waals surface area contributed by atoms with Crippen LogP contribution in [0.3, 0.4) is 0 Å². The number of hydrogen-bond acceptors (Lipinski definition) is 2. The lowest BCUT2D eigenvalue weighted by molar-refractivity contribution is -0.124. The number of hydrogen-bond donors (Lipinski definition) is 1. The van der Waals surface area contributed by atoms with Crippen LogP contribution in [-0.2, 0) is 9.59 Å². The van der Waals surface area contributed by atoms with E-state index in [1.54, 1.807) is 0 Å². The van der Waals surface area contributed by atoms with Crippen molar-refractivity contribution in [2.24, 2.45) is 5.92 Å². The van der Waals surface area contributed by atoms with Gasteiger partial charge >= 0.3 is 0 Å². The van der Waals surface area contributed by atoms with Gasteiger partial charge < -0.3 is 5.32 Å². The summed E-state index contributed by atoms with van der Waals surface area (Å²) in [6.07, 6.45) is 3.03. The van der Waals surface area contributed by atoms with Gasteiger partial charge in [0.05, 0.1) is 6.54 Å². The smallest absolute Gasteiger partial charge is 0.243 e. The lowest BCUT2D eigenvalue weighted by atomic mass is 10.0. The minimum Gasteiger partial charge on any atom is -0.345 e. The summed E-state index contributed by atoms with van der Waals surface area (Å²) in [6.45, 7) is 7.33. The Morgan fingerprint density at radius 1 is 1.54 bits per heavy atom. The average molecular weight is 183 g/mol. The number of carbonyl (C=O) groups excluding carboxylic acids is 2. The first-order valence-electron chi connectivity index (χ1n) is 4.54. The average Bonchev–Trinajstić information content (AvgIpc) is 2.13. The number of carbonyl (C=O) groups is 2. The van der Waals surface area contributed by atoms with Crippen molar-refractivity contribution in [1.82, 2.24) is 5.32 Å². The van der Waals surface area contributed by atoms with Crippen LogP contribution in [0.2, 0.25) is 0 Å². The fourth-order valence-electron chi connectivity index (χ4n) is 1.01. The molecule has 0 bridgehead atoms. The Hall–Kier alpha value is -1.12. The van der Waals surface area contributed by atoms with Gasteiger partial charge in [-0.05, 0) is 12.5 Å². The van der Waals surface area contributed by atoms with Gasteiger partial charge in [-0.3, -0.25) is 9.59 Å². The minimum atomic E-state index is -0.294. The van der Waals surface area contributed by atoms with Crippen LogP contribution in [0.25, 0.3) is 0 Å². The Bertz CT molecular complexity index is 199. The largest absolute Gasteiger partial charge is 0.345 e. The van der Waals surface area contributed by atoms with E-state index in [4.69, 9.17) is 0 Å². The molecule has 13 heavy (non-hydrogen) atoms. The normalized spacial score (nSPS) is 11.8. The lowest BCUT2D eigenvalue weighted by Crippen LogP contribution is -2.30. The maximum atomic E-state index is 11.3. The van der Waals surface area contributed by atoms with Crippen molar-refractivity contribution < 1.29 is 9.59 Å². The van der Waals surface area contributed by atoms with Crippen molar-refractivity contribution in [3.63, 3.8) is 0 Å². The highest BCUT2D eigenvalue weighted by Crippen LogP contribution is 2.05. The van der Waals surface area contributed by atoms with E-state index in [1.807, 2.05) is 13.8 Å². The van der Waals surface area contributed by atoms with E-state index < -0.39 is 0 Å². The molecule has 0 aromatic carbocycles. The predicted molar refractivity (Wildman–Crippen MR) is 52.3 cm³/mol. The Balaban J connectivity index is 3.73. The standard InChI is InChI=1S/C10H17NO2/c1-4-6-8(3)9(12)7-11-10(13)5-2/h5,8H,2,4,6-7H2,1,3H3,(H,11,13). The van der Waals surface area contributed by atoms with Gasteiger partial charge in [-0.2, -0.15) is 0 Å². The summed E-state index contributed by atoms with van der Waals surface area (Å²) in [5, 5.41) is 2.46. The van der Waals surface area contributed by atoms with Gasteiger partial charge in [0.2, 0.25) is 5.91 Å². The summed E-state index contributed by atoms with van der Waals surface area (Å²) in [5.41, 5.74) is 0. The van der Waals surface area contributed by atoms with Gasteiger partial charge in [-0.15, -0.1) is 0 Å². The fraction of sp³-hybridized carbons (Fsp3) is 0.600. The molecule has 0 aliphatic carbocycles. The van der Waals surface area contributed by atoms with Crippen LogP contribution in [0.5, 0.6) is 0 Å². The van der Waals surface area contributed by atoms with Crippen LogP contribution in [0.1, 0.15) is 26.7 Å². The quantitative estimate of drug-likeness (QED) is 0.631. The minimum absolute atomic E-state index is 0.0371. The van der Waals surface area contributed by atoms with E-state index in [-0.39, 0.29) is 24.2 Å². The summed E-state index contributed by atoms with van der Waals surface area (Å²) in [5.74, 6) is -0.177. The molecule has 1 unspecified atom stereocenters. The molecule has 0 aliphatic heterocycles. The van der Waals surface area contributed by atoms with Gasteiger partial charge in [0.25, 0.3) is 0 Å². The number of amides is 1. The molecule has 0 aliphatic rings. The molecule has 0 saturated carbocycles. The van der Waals surface area contributed by atoms with E-state index in [0.717, 1.165) is 18.9 Å². The van der Waals surface area contributed by atoms with Gasteiger partial charge in [0.15, 0.2) is 5.78 Å². The third kappa shape index (κ3) is 5.17. The number of rotatable bonds is 6. The zero-order valence-electron chi connectivity index (χ0n) is 8.30. The summed E-state index contributed by atoms with van der Waals surface area (Å²) in [6, 6.07) is 0. The third-order valence-corrected chi connectivity index (χ3v) is 1.89. The highest BCUT2D eigenvalue weighted by atomic mass is 16.2. The maximum Gasteiger partial charge on any atom is 0.243 e. The van der Waals surface area contributed by atoms with Crippen LogP contribution in [0.15, 0.2) is 12.7 Å². The van der Waals surface area contributed by atoms with E-state index in [1.165, 1.54) is 0 Å². The van der Waals surface area contributed by atoms with Crippen LogP contribution in [0, 0.1) is 5.92 Å². The molecule has 3 heteroatoms. The van der Waals surface area contributed by atoms with Crippen molar-refractivity contribution in [2.45, 2.75) is 26.7 Å². The molecule has 0 aromatic heterocycles. The van der Waals surface area contributed by atoms with E-state index in [2.05, 4.69) is 11.9 Å². The molecule has 0 rings (SSSR count). The van der Waals surface area contributed by atoms with E-state index in [9.17, 15) is 9.59 Å². The highest BCUT2D eigenvalue weighted by molar-refractivity contribution is 5.91. The fourth-order valence-corrected chi connectivity index (χ4v) is 1.01. The molecule has 0 saturated heterocycles. The Morgan fingerprint density at radius 2 is 2.15 bits per heavy atom. The molecule has 0 aromatic rings. The Kier molecular flexibility index (Phi) is 5.85. The number of ketones is 1. The highest BCUT2D eigenvalue weighted by Gasteiger charge is 2.11. The first kappa shape index (κ1) is 11.9. The van der Waals surface area contributed by atoms with Crippen molar-refractivity contribution in [3.8, 4) is 0 Å². The summed E-state index contributed by atoms with van der Waals surface area (Å²) in [4.78, 5) is 22.0. The SMILES string of the molecule is C=CC(=O)NCC(=O)C(C)CCC. The van der Waals surface area contributed by atoms with Crippen molar-refractivity contribution in [3.05, 3.63) is 12.7 Å². The predicted octanol–water partition coefficient (Wildman–Crippen LogP) is 1.29. The summed E-state index contributed by atoms with van der Waals surface area (Å²) >= 11 is 0. The van der Waals surface area contributed by atoms with Crippen molar-refractivity contribution in [2.75, 3.05) is 6.54 Å². The zero-order chi connectivity index (χ0) is 10.3. The molecule has 0 heterocycles. The Morgan fingerprint density at radius 3 is 2.62 bits per heavy atom. The van der Waals surface area contributed by atoms with Crippen LogP contribution >= 0.6 is 0 Å². The molecule has 0 fully saturated rings. The molecule has 0 radical (unpaired) electrons. The lowest BCUT2D eigenvalue weighted by Gasteiger charge is -2.08. The molecular formula is C10H17NO2. The molecule has 1 atom stereocenters. The molecule has 3 nitrogen and oxygen atoms in total. The molecule has 1 N–H and O–H groups in total. The van der Waals surface area contributed by atoms with Gasteiger partial charge in [-0.1, -0.05) is 26.8 Å². The first-order valence-corrected chi connectivity index (χ1v) is 4.54. The molecule has 0 spiro atoms. The Labute approximate surface area is 79.2 Å². The molecule has 1 amide bonds. The number of Topliss-reactive ketones (excluding diaryl/α,β-unsaturated/α-hetero) is 1. The van der Waals surface area contributed by atoms with Crippen LogP contribution in [0.4, 0.5) is 0 Å². The zero-order valence-corrected chi connectivity index (χ0v) is 8.30. The van der Waals surface area contributed by atoms with E-state index in [0.29, 0.717) is 0 Å². The maximum absolute atomic E-state index is 11.3. The van der Waals surface area contributed by atoms with Gasteiger partial charge in [-0.25, -0.2) is 0 Å². The topological polar surface area (TPSA) is 46.2 Å². The summed E-state index contributed by atoms with van der Waals surface area (Å²) in [7, 11) is 0. The van der Waals surface area contributed by atoms with Gasteiger partial charge in [0, 0.05) is 5.92 Å². The number of nitrogens with one attached hydrogen (secondary N) is 1. The van der Waals surface area contributed by atoms with E-state index >= 15 is 0 Å². The summed E-state index contributed by atoms with van der Waals surface area (Å²) < 4.78 is 0. The van der Waals surface area contributed by atoms with Crippen molar-refractivity contribution >= 4 is 11.7 Å². The monoisotopic (exact) mass is 183 g/mol. The second kappa shape index (κ2) is 6.40. The second-order valence-corrected chi connectivity index (χ2v) is 3.08. The molecule has 74 valence electrons. The van der Waals surface area contributed by atoms with Crippen LogP contribution < -0.4 is 5.32 Å². The molecular weight excluding hydrogens is 166 g/mol.